The minimum absolute atomic E-state index is 0. The maximum absolute atomic E-state index is 8.61. The molecule has 0 aliphatic carbocycles. The van der Waals surface area contributed by atoms with Crippen LogP contribution in [0.25, 0.3) is 32.0 Å². The van der Waals surface area contributed by atoms with Gasteiger partial charge in [0.1, 0.15) is 0 Å². The Morgan fingerprint density at radius 3 is 2.11 bits per heavy atom. The van der Waals surface area contributed by atoms with Gasteiger partial charge in [0.25, 0.3) is 0 Å². The average molecular weight is 252 g/mol. The molecule has 19 heavy (non-hydrogen) atoms. The summed E-state index contributed by atoms with van der Waals surface area (Å²) in [5.74, 6) is 0. The van der Waals surface area contributed by atoms with E-state index in [4.69, 9.17) is 11.1 Å². The van der Waals surface area contributed by atoms with Gasteiger partial charge in [-0.05, 0) is 22.2 Å². The van der Waals surface area contributed by atoms with E-state index in [2.05, 4.69) is 20.1 Å². The molecule has 0 unspecified atom stereocenters. The average Bonchev–Trinajstić information content (AvgIpc) is 2.42. The predicted octanol–water partition coefficient (Wildman–Crippen LogP) is 5.87. The topological polar surface area (TPSA) is 97.5 Å². The number of hydrogen-bond acceptors (Lipinski definition) is 2. The molecule has 0 saturated heterocycles. The lowest BCUT2D eigenvalue weighted by atomic mass is 10.0. The third-order valence-electron chi connectivity index (χ3n) is 2.40. The molecule has 2 aromatic rings. The van der Waals surface area contributed by atoms with E-state index >= 15 is 0 Å². The molecule has 0 aromatic heterocycles. The van der Waals surface area contributed by atoms with Gasteiger partial charge in [-0.15, -0.1) is 0 Å². The maximum atomic E-state index is 8.61. The first-order valence-electron chi connectivity index (χ1n) is 5.15. The van der Waals surface area contributed by atoms with Crippen LogP contribution < -0.4 is 0 Å². The molecule has 0 radical (unpaired) electrons. The van der Waals surface area contributed by atoms with Crippen molar-refractivity contribution in [3.05, 3.63) is 69.4 Å². The monoisotopic (exact) mass is 252 g/mol. The van der Waals surface area contributed by atoms with Crippen LogP contribution in [-0.2, 0) is 0 Å². The SMILES string of the molecule is C.[N-]=[N+]=Nc1cccc(-c2ccccc2)c1N=[N+]=[N-]. The Morgan fingerprint density at radius 2 is 1.47 bits per heavy atom. The summed E-state index contributed by atoms with van der Waals surface area (Å²) in [5, 5.41) is 7.14. The third-order valence-corrected chi connectivity index (χ3v) is 2.40. The van der Waals surface area contributed by atoms with Crippen LogP contribution in [0.3, 0.4) is 0 Å². The standard InChI is InChI=1S/C12H8N6.CH4/c13-17-15-11-8-4-7-10(12(11)16-18-14)9-5-2-1-3-6-9;/h1-8H;1H4. The first kappa shape index (κ1) is 14.1. The predicted molar refractivity (Wildman–Crippen MR) is 76.2 cm³/mol. The summed E-state index contributed by atoms with van der Waals surface area (Å²) in [6.45, 7) is 0. The van der Waals surface area contributed by atoms with Crippen molar-refractivity contribution in [3.63, 3.8) is 0 Å². The molecule has 0 saturated carbocycles. The lowest BCUT2D eigenvalue weighted by molar-refractivity contribution is 1.40. The quantitative estimate of drug-likeness (QED) is 0.370. The number of benzene rings is 2. The zero-order valence-corrected chi connectivity index (χ0v) is 9.30. The molecule has 2 rings (SSSR count). The minimum atomic E-state index is 0. The fraction of sp³-hybridized carbons (Fsp3) is 0.0769. The van der Waals surface area contributed by atoms with E-state index in [1.165, 1.54) is 0 Å². The molecule has 0 fully saturated rings. The summed E-state index contributed by atoms with van der Waals surface area (Å²) in [6, 6.07) is 14.6. The summed E-state index contributed by atoms with van der Waals surface area (Å²) in [6.07, 6.45) is 0. The second kappa shape index (κ2) is 6.71. The van der Waals surface area contributed by atoms with Crippen LogP contribution in [0, 0.1) is 0 Å². The minimum Gasteiger partial charge on any atom is -0.0776 e. The molecular formula is C13H12N6. The molecule has 0 aliphatic rings. The molecule has 6 nitrogen and oxygen atoms in total. The van der Waals surface area contributed by atoms with Crippen molar-refractivity contribution in [3.8, 4) is 11.1 Å². The lowest BCUT2D eigenvalue weighted by Crippen LogP contribution is -1.78. The summed E-state index contributed by atoms with van der Waals surface area (Å²) in [7, 11) is 0. The van der Waals surface area contributed by atoms with Crippen LogP contribution in [0.1, 0.15) is 7.43 Å². The van der Waals surface area contributed by atoms with Gasteiger partial charge in [-0.1, -0.05) is 66.2 Å². The third kappa shape index (κ3) is 3.04. The smallest absolute Gasteiger partial charge is 0.0549 e. The normalized spacial score (nSPS) is 8.63. The van der Waals surface area contributed by atoms with E-state index in [9.17, 15) is 0 Å². The first-order valence-corrected chi connectivity index (χ1v) is 5.15. The van der Waals surface area contributed by atoms with Crippen LogP contribution in [0.4, 0.5) is 11.4 Å². The van der Waals surface area contributed by atoms with Crippen molar-refractivity contribution < 1.29 is 0 Å². The van der Waals surface area contributed by atoms with E-state index in [1.807, 2.05) is 36.4 Å². The van der Waals surface area contributed by atoms with Crippen LogP contribution >= 0.6 is 0 Å². The number of rotatable bonds is 3. The van der Waals surface area contributed by atoms with Crippen LogP contribution in [0.5, 0.6) is 0 Å². The molecule has 6 heteroatoms. The number of nitrogens with zero attached hydrogens (tertiary/aromatic N) is 6. The Labute approximate surface area is 110 Å². The first-order chi connectivity index (χ1) is 8.86. The van der Waals surface area contributed by atoms with Crippen molar-refractivity contribution in [1.29, 1.82) is 0 Å². The molecular weight excluding hydrogens is 240 g/mol. The van der Waals surface area contributed by atoms with Crippen LogP contribution in [0.15, 0.2) is 58.8 Å². The van der Waals surface area contributed by atoms with E-state index < -0.39 is 0 Å². The van der Waals surface area contributed by atoms with Crippen molar-refractivity contribution in [2.75, 3.05) is 0 Å². The molecule has 0 amide bonds. The summed E-state index contributed by atoms with van der Waals surface area (Å²) < 4.78 is 0. The van der Waals surface area contributed by atoms with Crippen molar-refractivity contribution in [2.24, 2.45) is 10.2 Å². The summed E-state index contributed by atoms with van der Waals surface area (Å²) in [5.41, 5.74) is 19.4. The Bertz CT molecular complexity index is 652. The summed E-state index contributed by atoms with van der Waals surface area (Å²) in [4.78, 5) is 5.50. The largest absolute Gasteiger partial charge is 0.0776 e. The molecule has 0 spiro atoms. The van der Waals surface area contributed by atoms with Crippen LogP contribution in [0.2, 0.25) is 0 Å². The Morgan fingerprint density at radius 1 is 0.789 bits per heavy atom. The van der Waals surface area contributed by atoms with Gasteiger partial charge in [0.2, 0.25) is 0 Å². The van der Waals surface area contributed by atoms with Crippen LogP contribution in [-0.4, -0.2) is 0 Å². The fourth-order valence-electron chi connectivity index (χ4n) is 1.66. The number of hydrogen-bond donors (Lipinski definition) is 0. The van der Waals surface area contributed by atoms with Crippen molar-refractivity contribution in [1.82, 2.24) is 0 Å². The fourth-order valence-corrected chi connectivity index (χ4v) is 1.66. The van der Waals surface area contributed by atoms with Gasteiger partial charge in [0.15, 0.2) is 0 Å². The lowest BCUT2D eigenvalue weighted by Gasteiger charge is -2.07. The van der Waals surface area contributed by atoms with Gasteiger partial charge in [0.05, 0.1) is 5.69 Å². The highest BCUT2D eigenvalue weighted by atomic mass is 15.2. The zero-order valence-electron chi connectivity index (χ0n) is 9.30. The molecule has 0 aliphatic heterocycles. The highest BCUT2D eigenvalue weighted by Gasteiger charge is 2.07. The maximum Gasteiger partial charge on any atom is 0.0549 e. The van der Waals surface area contributed by atoms with Gasteiger partial charge in [-0.3, -0.25) is 0 Å². The van der Waals surface area contributed by atoms with E-state index in [1.54, 1.807) is 12.1 Å². The van der Waals surface area contributed by atoms with Gasteiger partial charge in [0, 0.05) is 15.5 Å². The van der Waals surface area contributed by atoms with Gasteiger partial charge >= 0.3 is 0 Å². The summed E-state index contributed by atoms with van der Waals surface area (Å²) >= 11 is 0. The van der Waals surface area contributed by atoms with E-state index in [0.29, 0.717) is 11.4 Å². The van der Waals surface area contributed by atoms with Gasteiger partial charge < -0.3 is 0 Å². The Kier molecular flexibility index (Phi) is 4.99. The van der Waals surface area contributed by atoms with E-state index in [0.717, 1.165) is 11.1 Å². The molecule has 2 aromatic carbocycles. The van der Waals surface area contributed by atoms with Crippen molar-refractivity contribution in [2.45, 2.75) is 7.43 Å². The van der Waals surface area contributed by atoms with Gasteiger partial charge in [-0.2, -0.15) is 0 Å². The zero-order chi connectivity index (χ0) is 12.8. The van der Waals surface area contributed by atoms with Gasteiger partial charge in [-0.25, -0.2) is 0 Å². The second-order valence-electron chi connectivity index (χ2n) is 3.42. The van der Waals surface area contributed by atoms with Crippen molar-refractivity contribution >= 4 is 11.4 Å². The molecule has 94 valence electrons. The highest BCUT2D eigenvalue weighted by molar-refractivity contribution is 5.83. The molecule has 0 N–H and O–H groups in total. The highest BCUT2D eigenvalue weighted by Crippen LogP contribution is 2.38. The number of azide groups is 2. The molecule has 0 bridgehead atoms. The Hall–Kier alpha value is -2.94. The van der Waals surface area contributed by atoms with E-state index in [-0.39, 0.29) is 7.43 Å². The second-order valence-corrected chi connectivity index (χ2v) is 3.42. The molecule has 0 heterocycles. The molecule has 0 atom stereocenters. The Balaban J connectivity index is 0.00000180.